The molecule has 2 N–H and O–H groups in total. The van der Waals surface area contributed by atoms with Gasteiger partial charge in [0.1, 0.15) is 0 Å². The molecule has 1 aromatic rings. The van der Waals surface area contributed by atoms with Crippen LogP contribution < -0.4 is 20.1 Å². The molecule has 1 aromatic carbocycles. The first-order chi connectivity index (χ1) is 11.4. The van der Waals surface area contributed by atoms with E-state index < -0.39 is 0 Å². The van der Waals surface area contributed by atoms with Crippen LogP contribution in [-0.4, -0.2) is 45.6 Å². The second-order valence-electron chi connectivity index (χ2n) is 6.32. The van der Waals surface area contributed by atoms with Crippen LogP contribution in [0, 0.1) is 0 Å². The van der Waals surface area contributed by atoms with E-state index in [2.05, 4.69) is 27.8 Å². The number of guanidine groups is 1. The summed E-state index contributed by atoms with van der Waals surface area (Å²) in [6.07, 6.45) is 3.09. The standard InChI is InChI=1S/C17H23N3O3/c1-6-18-16(19-7-1)20-11-17(4-8-21-9-5-17)13-2-3-14-15(10-13)23-12-22-14/h2-3,10H,1,4-9,11-12H2,(H2,18,19,20). The van der Waals surface area contributed by atoms with Crippen molar-refractivity contribution in [3.63, 3.8) is 0 Å². The van der Waals surface area contributed by atoms with E-state index in [0.717, 1.165) is 69.6 Å². The number of nitrogens with zero attached hydrogens (tertiary/aromatic N) is 1. The van der Waals surface area contributed by atoms with Gasteiger partial charge in [0.25, 0.3) is 0 Å². The summed E-state index contributed by atoms with van der Waals surface area (Å²) in [4.78, 5) is 4.51. The molecule has 6 heteroatoms. The zero-order chi connectivity index (χ0) is 15.5. The second kappa shape index (κ2) is 6.28. The highest BCUT2D eigenvalue weighted by atomic mass is 16.7. The lowest BCUT2D eigenvalue weighted by atomic mass is 9.74. The van der Waals surface area contributed by atoms with E-state index in [1.54, 1.807) is 0 Å². The molecule has 3 heterocycles. The van der Waals surface area contributed by atoms with Crippen molar-refractivity contribution in [3.8, 4) is 11.5 Å². The molecule has 0 atom stereocenters. The van der Waals surface area contributed by atoms with E-state index in [0.29, 0.717) is 6.79 Å². The number of rotatable bonds is 3. The Morgan fingerprint density at radius 3 is 2.87 bits per heavy atom. The van der Waals surface area contributed by atoms with Gasteiger partial charge < -0.3 is 24.8 Å². The topological polar surface area (TPSA) is 64.1 Å². The maximum atomic E-state index is 5.60. The first-order valence-corrected chi connectivity index (χ1v) is 8.36. The van der Waals surface area contributed by atoms with Crippen LogP contribution >= 0.6 is 0 Å². The van der Waals surface area contributed by atoms with E-state index in [9.17, 15) is 0 Å². The lowest BCUT2D eigenvalue weighted by molar-refractivity contribution is 0.0513. The first-order valence-electron chi connectivity index (χ1n) is 8.36. The van der Waals surface area contributed by atoms with Gasteiger partial charge >= 0.3 is 0 Å². The molecule has 3 aliphatic rings. The van der Waals surface area contributed by atoms with Crippen LogP contribution in [0.4, 0.5) is 0 Å². The molecule has 4 rings (SSSR count). The molecule has 0 aromatic heterocycles. The van der Waals surface area contributed by atoms with Gasteiger partial charge in [-0.2, -0.15) is 0 Å². The molecule has 124 valence electrons. The predicted octanol–water partition coefficient (Wildman–Crippen LogP) is 1.40. The first kappa shape index (κ1) is 14.6. The number of benzene rings is 1. The van der Waals surface area contributed by atoms with Crippen molar-refractivity contribution in [3.05, 3.63) is 23.8 Å². The molecule has 3 aliphatic heterocycles. The maximum Gasteiger partial charge on any atom is 0.231 e. The smallest absolute Gasteiger partial charge is 0.231 e. The Kier molecular flexibility index (Phi) is 3.99. The molecule has 0 unspecified atom stereocenters. The Morgan fingerprint density at radius 2 is 2.04 bits per heavy atom. The van der Waals surface area contributed by atoms with Crippen LogP contribution in [0.15, 0.2) is 23.2 Å². The number of aliphatic imine (C=N–C) groups is 1. The minimum atomic E-state index is 0.0425. The van der Waals surface area contributed by atoms with Crippen molar-refractivity contribution in [1.29, 1.82) is 0 Å². The summed E-state index contributed by atoms with van der Waals surface area (Å²) in [5.74, 6) is 2.60. The van der Waals surface area contributed by atoms with E-state index in [1.807, 2.05) is 6.07 Å². The van der Waals surface area contributed by atoms with Gasteiger partial charge in [-0.1, -0.05) is 6.07 Å². The van der Waals surface area contributed by atoms with Gasteiger partial charge in [-0.05, 0) is 37.0 Å². The average molecular weight is 317 g/mol. The molecular weight excluding hydrogens is 294 g/mol. The third-order valence-electron chi connectivity index (χ3n) is 4.93. The van der Waals surface area contributed by atoms with E-state index in [1.165, 1.54) is 5.56 Å². The summed E-state index contributed by atoms with van der Waals surface area (Å²) in [6.45, 7) is 4.63. The van der Waals surface area contributed by atoms with Crippen molar-refractivity contribution >= 4 is 5.96 Å². The number of ether oxygens (including phenoxy) is 3. The third-order valence-corrected chi connectivity index (χ3v) is 4.93. The van der Waals surface area contributed by atoms with Crippen LogP contribution in [0.1, 0.15) is 24.8 Å². The lowest BCUT2D eigenvalue weighted by Gasteiger charge is -2.38. The number of hydrogen-bond donors (Lipinski definition) is 2. The summed E-state index contributed by atoms with van der Waals surface area (Å²) in [5, 5.41) is 6.84. The SMILES string of the molecule is c1cc2c(cc1C1(CNC3=NCCCN3)CCOCC1)OCO2. The summed E-state index contributed by atoms with van der Waals surface area (Å²) in [5.41, 5.74) is 1.33. The number of nitrogens with one attached hydrogen (secondary N) is 2. The van der Waals surface area contributed by atoms with Crippen LogP contribution in [0.5, 0.6) is 11.5 Å². The van der Waals surface area contributed by atoms with E-state index in [4.69, 9.17) is 14.2 Å². The Hall–Kier alpha value is -1.95. The summed E-state index contributed by atoms with van der Waals surface area (Å²) in [7, 11) is 0. The number of hydrogen-bond acceptors (Lipinski definition) is 6. The molecule has 1 fully saturated rings. The van der Waals surface area contributed by atoms with Gasteiger partial charge in [0.05, 0.1) is 0 Å². The highest BCUT2D eigenvalue weighted by molar-refractivity contribution is 5.80. The molecule has 23 heavy (non-hydrogen) atoms. The van der Waals surface area contributed by atoms with Gasteiger partial charge in [0, 0.05) is 38.3 Å². The Labute approximate surface area is 136 Å². The second-order valence-corrected chi connectivity index (χ2v) is 6.32. The third kappa shape index (κ3) is 2.95. The molecule has 0 saturated carbocycles. The Bertz CT molecular complexity index is 597. The summed E-state index contributed by atoms with van der Waals surface area (Å²) in [6, 6.07) is 6.31. The van der Waals surface area contributed by atoms with Crippen molar-refractivity contribution in [2.45, 2.75) is 24.7 Å². The Balaban J connectivity index is 1.57. The normalized spacial score (nSPS) is 22.2. The highest BCUT2D eigenvalue weighted by Crippen LogP contribution is 2.40. The molecule has 0 bridgehead atoms. The van der Waals surface area contributed by atoms with Crippen LogP contribution in [0.25, 0.3) is 0 Å². The molecule has 0 spiro atoms. The fourth-order valence-electron chi connectivity index (χ4n) is 3.46. The minimum Gasteiger partial charge on any atom is -0.454 e. The fraction of sp³-hybridized carbons (Fsp3) is 0.588. The summed E-state index contributed by atoms with van der Waals surface area (Å²) < 4.78 is 16.6. The maximum absolute atomic E-state index is 5.60. The Morgan fingerprint density at radius 1 is 1.17 bits per heavy atom. The van der Waals surface area contributed by atoms with Crippen LogP contribution in [-0.2, 0) is 10.2 Å². The monoisotopic (exact) mass is 317 g/mol. The van der Waals surface area contributed by atoms with Crippen molar-refractivity contribution in [2.75, 3.05) is 39.6 Å². The molecule has 0 aliphatic carbocycles. The molecule has 0 amide bonds. The van der Waals surface area contributed by atoms with Crippen molar-refractivity contribution in [1.82, 2.24) is 10.6 Å². The van der Waals surface area contributed by atoms with Crippen LogP contribution in [0.3, 0.4) is 0 Å². The van der Waals surface area contributed by atoms with Gasteiger partial charge in [0.2, 0.25) is 6.79 Å². The average Bonchev–Trinajstić information content (AvgIpc) is 3.09. The fourth-order valence-corrected chi connectivity index (χ4v) is 3.46. The lowest BCUT2D eigenvalue weighted by Crippen LogP contribution is -2.49. The van der Waals surface area contributed by atoms with Gasteiger partial charge in [-0.3, -0.25) is 4.99 Å². The number of fused-ring (bicyclic) bond motifs is 1. The molecular formula is C17H23N3O3. The van der Waals surface area contributed by atoms with E-state index >= 15 is 0 Å². The van der Waals surface area contributed by atoms with Gasteiger partial charge in [-0.15, -0.1) is 0 Å². The molecule has 6 nitrogen and oxygen atoms in total. The highest BCUT2D eigenvalue weighted by Gasteiger charge is 2.36. The minimum absolute atomic E-state index is 0.0425. The summed E-state index contributed by atoms with van der Waals surface area (Å²) >= 11 is 0. The van der Waals surface area contributed by atoms with E-state index in [-0.39, 0.29) is 5.41 Å². The zero-order valence-electron chi connectivity index (χ0n) is 13.3. The van der Waals surface area contributed by atoms with Crippen molar-refractivity contribution in [2.24, 2.45) is 4.99 Å². The quantitative estimate of drug-likeness (QED) is 0.882. The van der Waals surface area contributed by atoms with Gasteiger partial charge in [0.15, 0.2) is 17.5 Å². The van der Waals surface area contributed by atoms with Gasteiger partial charge in [-0.25, -0.2) is 0 Å². The van der Waals surface area contributed by atoms with Crippen molar-refractivity contribution < 1.29 is 14.2 Å². The largest absolute Gasteiger partial charge is 0.454 e. The molecule has 1 saturated heterocycles. The van der Waals surface area contributed by atoms with Crippen LogP contribution in [0.2, 0.25) is 0 Å². The predicted molar refractivity (Wildman–Crippen MR) is 87.2 cm³/mol. The zero-order valence-corrected chi connectivity index (χ0v) is 13.3. The molecule has 0 radical (unpaired) electrons.